The SMILES string of the molecule is Cc1nn(C)c(C)c1/C=C/C(=O)Nc1ccc(S(=O)(=O)N2CCCCCC2)cc1. The summed E-state index contributed by atoms with van der Waals surface area (Å²) in [4.78, 5) is 12.5. The monoisotopic (exact) mass is 416 g/mol. The van der Waals surface area contributed by atoms with Crippen LogP contribution >= 0.6 is 0 Å². The molecule has 0 unspecified atom stereocenters. The third-order valence-corrected chi connectivity index (χ3v) is 7.20. The summed E-state index contributed by atoms with van der Waals surface area (Å²) in [5.74, 6) is -0.282. The molecule has 1 aromatic heterocycles. The van der Waals surface area contributed by atoms with Crippen LogP contribution < -0.4 is 5.32 Å². The van der Waals surface area contributed by atoms with Crippen molar-refractivity contribution in [2.45, 2.75) is 44.4 Å². The molecule has 0 atom stereocenters. The largest absolute Gasteiger partial charge is 0.323 e. The van der Waals surface area contributed by atoms with Crippen molar-refractivity contribution in [2.24, 2.45) is 7.05 Å². The van der Waals surface area contributed by atoms with E-state index < -0.39 is 10.0 Å². The molecule has 2 heterocycles. The van der Waals surface area contributed by atoms with Crippen molar-refractivity contribution in [3.63, 3.8) is 0 Å². The number of rotatable bonds is 5. The molecule has 1 saturated heterocycles. The molecule has 29 heavy (non-hydrogen) atoms. The van der Waals surface area contributed by atoms with Crippen molar-refractivity contribution < 1.29 is 13.2 Å². The number of aryl methyl sites for hydroxylation is 2. The summed E-state index contributed by atoms with van der Waals surface area (Å²) < 4.78 is 29.0. The van der Waals surface area contributed by atoms with Gasteiger partial charge in [-0.25, -0.2) is 8.42 Å². The van der Waals surface area contributed by atoms with Crippen molar-refractivity contribution in [1.29, 1.82) is 0 Å². The van der Waals surface area contributed by atoms with Crippen molar-refractivity contribution in [1.82, 2.24) is 14.1 Å². The number of sulfonamides is 1. The highest BCUT2D eigenvalue weighted by Gasteiger charge is 2.24. The van der Waals surface area contributed by atoms with E-state index >= 15 is 0 Å². The van der Waals surface area contributed by atoms with E-state index in [1.807, 2.05) is 20.9 Å². The van der Waals surface area contributed by atoms with Gasteiger partial charge in [-0.15, -0.1) is 0 Å². The van der Waals surface area contributed by atoms with Gasteiger partial charge in [0, 0.05) is 43.2 Å². The van der Waals surface area contributed by atoms with Crippen LogP contribution in [0.5, 0.6) is 0 Å². The molecule has 8 heteroatoms. The van der Waals surface area contributed by atoms with E-state index in [2.05, 4.69) is 10.4 Å². The van der Waals surface area contributed by atoms with Crippen LogP contribution in [0, 0.1) is 13.8 Å². The molecule has 0 spiro atoms. The minimum absolute atomic E-state index is 0.259. The maximum atomic E-state index is 12.8. The van der Waals surface area contributed by atoms with Gasteiger partial charge in [-0.2, -0.15) is 9.40 Å². The number of aromatic nitrogens is 2. The van der Waals surface area contributed by atoms with E-state index in [0.717, 1.165) is 42.6 Å². The number of carbonyl (C=O) groups is 1. The minimum atomic E-state index is -3.49. The zero-order valence-electron chi connectivity index (χ0n) is 17.2. The van der Waals surface area contributed by atoms with Crippen molar-refractivity contribution >= 4 is 27.7 Å². The van der Waals surface area contributed by atoms with Crippen LogP contribution in [0.1, 0.15) is 42.6 Å². The lowest BCUT2D eigenvalue weighted by atomic mass is 10.2. The predicted octanol–water partition coefficient (Wildman–Crippen LogP) is 3.25. The van der Waals surface area contributed by atoms with E-state index in [4.69, 9.17) is 0 Å². The van der Waals surface area contributed by atoms with Gasteiger partial charge in [-0.1, -0.05) is 12.8 Å². The topological polar surface area (TPSA) is 84.3 Å². The molecule has 2 aromatic rings. The average molecular weight is 417 g/mol. The Kier molecular flexibility index (Phi) is 6.54. The zero-order chi connectivity index (χ0) is 21.0. The second-order valence-electron chi connectivity index (χ2n) is 7.37. The first-order valence-electron chi connectivity index (χ1n) is 9.88. The number of benzene rings is 1. The zero-order valence-corrected chi connectivity index (χ0v) is 18.0. The van der Waals surface area contributed by atoms with E-state index in [9.17, 15) is 13.2 Å². The van der Waals surface area contributed by atoms with Crippen molar-refractivity contribution in [3.05, 3.63) is 47.3 Å². The third kappa shape index (κ3) is 4.94. The molecule has 156 valence electrons. The lowest BCUT2D eigenvalue weighted by Crippen LogP contribution is -2.31. The van der Waals surface area contributed by atoms with Crippen LogP contribution in [0.3, 0.4) is 0 Å². The number of anilines is 1. The molecule has 1 aliphatic rings. The van der Waals surface area contributed by atoms with Gasteiger partial charge in [-0.3, -0.25) is 9.48 Å². The Morgan fingerprint density at radius 3 is 2.24 bits per heavy atom. The summed E-state index contributed by atoms with van der Waals surface area (Å²) in [5.41, 5.74) is 3.31. The lowest BCUT2D eigenvalue weighted by molar-refractivity contribution is -0.111. The molecule has 3 rings (SSSR count). The smallest absolute Gasteiger partial charge is 0.248 e. The molecular weight excluding hydrogens is 388 g/mol. The van der Waals surface area contributed by atoms with Gasteiger partial charge in [-0.05, 0) is 57.0 Å². The molecule has 1 fully saturated rings. The molecule has 1 aromatic carbocycles. The van der Waals surface area contributed by atoms with Gasteiger partial charge >= 0.3 is 0 Å². The summed E-state index contributed by atoms with van der Waals surface area (Å²) in [6.45, 7) is 4.98. The molecule has 1 N–H and O–H groups in total. The maximum Gasteiger partial charge on any atom is 0.248 e. The first-order chi connectivity index (χ1) is 13.8. The number of nitrogens with zero attached hydrogens (tertiary/aromatic N) is 3. The highest BCUT2D eigenvalue weighted by Crippen LogP contribution is 2.22. The molecule has 0 saturated carbocycles. The number of hydrogen-bond acceptors (Lipinski definition) is 4. The fourth-order valence-corrected chi connectivity index (χ4v) is 5.03. The second-order valence-corrected chi connectivity index (χ2v) is 9.31. The van der Waals surface area contributed by atoms with Crippen molar-refractivity contribution in [2.75, 3.05) is 18.4 Å². The fourth-order valence-electron chi connectivity index (χ4n) is 3.52. The fraction of sp³-hybridized carbons (Fsp3) is 0.429. The Morgan fingerprint density at radius 2 is 1.69 bits per heavy atom. The Labute approximate surface area is 172 Å². The quantitative estimate of drug-likeness (QED) is 0.759. The Balaban J connectivity index is 1.67. The molecule has 7 nitrogen and oxygen atoms in total. The van der Waals surface area contributed by atoms with Gasteiger partial charge in [0.2, 0.25) is 15.9 Å². The van der Waals surface area contributed by atoms with Gasteiger partial charge in [0.25, 0.3) is 0 Å². The highest BCUT2D eigenvalue weighted by molar-refractivity contribution is 7.89. The highest BCUT2D eigenvalue weighted by atomic mass is 32.2. The van der Waals surface area contributed by atoms with Crippen LogP contribution in [0.15, 0.2) is 35.2 Å². The number of carbonyl (C=O) groups excluding carboxylic acids is 1. The molecule has 0 radical (unpaired) electrons. The van der Waals surface area contributed by atoms with Gasteiger partial charge in [0.05, 0.1) is 10.6 Å². The lowest BCUT2D eigenvalue weighted by Gasteiger charge is -2.20. The number of hydrogen-bond donors (Lipinski definition) is 1. The van der Waals surface area contributed by atoms with Crippen LogP contribution in [0.25, 0.3) is 6.08 Å². The molecule has 0 aliphatic carbocycles. The number of nitrogens with one attached hydrogen (secondary N) is 1. The first kappa shape index (κ1) is 21.3. The molecule has 1 amide bonds. The van der Waals surface area contributed by atoms with Crippen LogP contribution in [0.2, 0.25) is 0 Å². The second kappa shape index (κ2) is 8.92. The summed E-state index contributed by atoms with van der Waals surface area (Å²) in [5, 5.41) is 7.09. The summed E-state index contributed by atoms with van der Waals surface area (Å²) in [6.07, 6.45) is 7.14. The summed E-state index contributed by atoms with van der Waals surface area (Å²) in [6, 6.07) is 6.35. The predicted molar refractivity (Wildman–Crippen MR) is 114 cm³/mol. The van der Waals surface area contributed by atoms with E-state index in [0.29, 0.717) is 18.8 Å². The summed E-state index contributed by atoms with van der Waals surface area (Å²) >= 11 is 0. The molecular formula is C21H28N4O3S. The van der Waals surface area contributed by atoms with Crippen LogP contribution in [-0.4, -0.2) is 41.5 Å². The maximum absolute atomic E-state index is 12.8. The van der Waals surface area contributed by atoms with Crippen molar-refractivity contribution in [3.8, 4) is 0 Å². The Bertz CT molecular complexity index is 999. The van der Waals surface area contributed by atoms with Gasteiger partial charge < -0.3 is 5.32 Å². The van der Waals surface area contributed by atoms with Gasteiger partial charge in [0.1, 0.15) is 0 Å². The third-order valence-electron chi connectivity index (χ3n) is 5.29. The minimum Gasteiger partial charge on any atom is -0.323 e. The Hall–Kier alpha value is -2.45. The normalized spacial score (nSPS) is 16.1. The van der Waals surface area contributed by atoms with E-state index in [1.54, 1.807) is 39.3 Å². The Morgan fingerprint density at radius 1 is 1.07 bits per heavy atom. The summed E-state index contributed by atoms with van der Waals surface area (Å²) in [7, 11) is -1.62. The number of amides is 1. The first-order valence-corrected chi connectivity index (χ1v) is 11.3. The van der Waals surface area contributed by atoms with Gasteiger partial charge in [0.15, 0.2) is 0 Å². The average Bonchev–Trinajstić information content (AvgIpc) is 2.89. The molecule has 0 bridgehead atoms. The van der Waals surface area contributed by atoms with E-state index in [-0.39, 0.29) is 10.8 Å². The van der Waals surface area contributed by atoms with E-state index in [1.165, 1.54) is 6.08 Å². The van der Waals surface area contributed by atoms with Crippen LogP contribution in [-0.2, 0) is 21.9 Å². The standard InChI is InChI=1S/C21H28N4O3S/c1-16-20(17(2)24(3)23-16)12-13-21(26)22-18-8-10-19(11-9-18)29(27,28)25-14-6-4-5-7-15-25/h8-13H,4-7,14-15H2,1-3H3,(H,22,26)/b13-12+. The van der Waals surface area contributed by atoms with Crippen LogP contribution in [0.4, 0.5) is 5.69 Å². The molecule has 1 aliphatic heterocycles.